The van der Waals surface area contributed by atoms with E-state index in [1.165, 1.54) is 0 Å². The van der Waals surface area contributed by atoms with Crippen LogP contribution in [0, 0.1) is 5.92 Å². The van der Waals surface area contributed by atoms with E-state index in [1.54, 1.807) is 6.07 Å². The number of hydrogen-bond donors (Lipinski definition) is 1. The number of likely N-dealkylation sites (N-methyl/N-ethyl adjacent to an activating group) is 2. The number of para-hydroxylation sites is 2. The number of carbonyl (C=O) groups excluding carboxylic acids is 1. The zero-order valence-electron chi connectivity index (χ0n) is 18.7. The first-order valence-electron chi connectivity index (χ1n) is 11.3. The van der Waals surface area contributed by atoms with Crippen LogP contribution in [0.5, 0.6) is 0 Å². The highest BCUT2D eigenvalue weighted by Gasteiger charge is 2.52. The minimum atomic E-state index is -1.05. The highest BCUT2D eigenvalue weighted by atomic mass is 35.5. The van der Waals surface area contributed by atoms with Crippen molar-refractivity contribution in [2.45, 2.75) is 43.7 Å². The van der Waals surface area contributed by atoms with Crippen LogP contribution < -0.4 is 9.80 Å². The Morgan fingerprint density at radius 2 is 1.76 bits per heavy atom. The number of fused-ring (bicyclic) bond motifs is 1. The van der Waals surface area contributed by atoms with Crippen molar-refractivity contribution in [3.05, 3.63) is 59.1 Å². The summed E-state index contributed by atoms with van der Waals surface area (Å²) in [4.78, 5) is 31.4. The molecule has 0 spiro atoms. The zero-order chi connectivity index (χ0) is 23.3. The summed E-state index contributed by atoms with van der Waals surface area (Å²) in [5, 5.41) is 10.0. The van der Waals surface area contributed by atoms with Gasteiger partial charge in [0.05, 0.1) is 17.8 Å². The molecule has 2 heterocycles. The third-order valence-corrected chi connectivity index (χ3v) is 7.20. The largest absolute Gasteiger partial charge is 0.481 e. The van der Waals surface area contributed by atoms with E-state index in [4.69, 9.17) is 16.3 Å². The summed E-state index contributed by atoms with van der Waals surface area (Å²) in [6.07, 6.45) is 0.0773. The van der Waals surface area contributed by atoms with Crippen LogP contribution in [0.3, 0.4) is 0 Å². The number of aliphatic carboxylic acids is 1. The van der Waals surface area contributed by atoms with E-state index in [-0.39, 0.29) is 24.5 Å². The summed E-state index contributed by atoms with van der Waals surface area (Å²) in [6.45, 7) is 0.606. The van der Waals surface area contributed by atoms with Gasteiger partial charge in [0.25, 0.3) is 5.91 Å². The number of nitrogens with zero attached hydrogens (tertiary/aromatic N) is 3. The average Bonchev–Trinajstić information content (AvgIpc) is 3.57. The maximum atomic E-state index is 13.6. The van der Waals surface area contributed by atoms with Crippen LogP contribution in [0.25, 0.3) is 0 Å². The fourth-order valence-corrected chi connectivity index (χ4v) is 5.43. The number of amides is 1. The zero-order valence-corrected chi connectivity index (χ0v) is 19.5. The maximum Gasteiger partial charge on any atom is 0.306 e. The second kappa shape index (κ2) is 8.54. The molecule has 0 aromatic heterocycles. The Hall–Kier alpha value is -2.77. The lowest BCUT2D eigenvalue weighted by Crippen LogP contribution is -2.65. The number of ether oxygens (including phenoxy) is 1. The third kappa shape index (κ3) is 4.04. The van der Waals surface area contributed by atoms with Crippen LogP contribution in [0.2, 0.25) is 5.02 Å². The molecule has 1 amide bonds. The fraction of sp³-hybridized carbons (Fsp3) is 0.440. The molecule has 1 N–H and O–H groups in total. The van der Waals surface area contributed by atoms with E-state index >= 15 is 0 Å². The van der Waals surface area contributed by atoms with Crippen molar-refractivity contribution in [2.75, 3.05) is 30.4 Å². The van der Waals surface area contributed by atoms with Crippen LogP contribution in [-0.2, 0) is 14.3 Å². The Morgan fingerprint density at radius 3 is 2.33 bits per heavy atom. The van der Waals surface area contributed by atoms with Crippen LogP contribution >= 0.6 is 11.6 Å². The molecule has 33 heavy (non-hydrogen) atoms. The van der Waals surface area contributed by atoms with Crippen LogP contribution in [0.4, 0.5) is 11.4 Å². The molecule has 3 unspecified atom stereocenters. The van der Waals surface area contributed by atoms with Gasteiger partial charge in [0, 0.05) is 25.7 Å². The van der Waals surface area contributed by atoms with Crippen molar-refractivity contribution in [3.63, 3.8) is 0 Å². The van der Waals surface area contributed by atoms with Crippen molar-refractivity contribution in [3.8, 4) is 0 Å². The van der Waals surface area contributed by atoms with E-state index in [2.05, 4.69) is 21.9 Å². The first-order chi connectivity index (χ1) is 15.8. The van der Waals surface area contributed by atoms with Gasteiger partial charge in [-0.25, -0.2) is 0 Å². The number of carboxylic acids is 1. The molecule has 1 aliphatic carbocycles. The third-order valence-electron chi connectivity index (χ3n) is 6.97. The van der Waals surface area contributed by atoms with Crippen molar-refractivity contribution in [1.82, 2.24) is 4.90 Å². The van der Waals surface area contributed by atoms with Gasteiger partial charge in [-0.1, -0.05) is 35.9 Å². The van der Waals surface area contributed by atoms with Crippen molar-refractivity contribution in [2.24, 2.45) is 5.92 Å². The summed E-state index contributed by atoms with van der Waals surface area (Å²) < 4.78 is 6.32. The smallest absolute Gasteiger partial charge is 0.306 e. The van der Waals surface area contributed by atoms with E-state index in [1.807, 2.05) is 49.3 Å². The number of rotatable bonds is 6. The first-order valence-corrected chi connectivity index (χ1v) is 11.7. The lowest BCUT2D eigenvalue weighted by Gasteiger charge is -2.49. The van der Waals surface area contributed by atoms with E-state index < -0.39 is 18.2 Å². The number of halogens is 1. The quantitative estimate of drug-likeness (QED) is 0.694. The van der Waals surface area contributed by atoms with Gasteiger partial charge in [-0.3, -0.25) is 9.59 Å². The Balaban J connectivity index is 1.60. The minimum Gasteiger partial charge on any atom is -0.481 e. The standard InChI is InChI=1S/C25H28ClN3O4/c1-27-18-8-3-4-9-19(18)28(2)24(27)22-23(16-6-5-7-17(26)12-16)33-20(13-21(30)31)25(32)29(22)14-15-10-11-15/h3-9,12,15,20,22-24H,10-11,13-14H2,1-2H3,(H,30,31). The summed E-state index contributed by atoms with van der Waals surface area (Å²) in [5.74, 6) is -0.852. The predicted molar refractivity (Wildman–Crippen MR) is 127 cm³/mol. The number of hydrogen-bond acceptors (Lipinski definition) is 5. The van der Waals surface area contributed by atoms with Crippen LogP contribution in [0.15, 0.2) is 48.5 Å². The normalized spacial score (nSPS) is 25.5. The number of morpholine rings is 1. The van der Waals surface area contributed by atoms with Gasteiger partial charge in [-0.05, 0) is 48.6 Å². The first kappa shape index (κ1) is 22.0. The number of carbonyl (C=O) groups is 2. The summed E-state index contributed by atoms with van der Waals surface area (Å²) >= 11 is 6.33. The number of benzene rings is 2. The van der Waals surface area contributed by atoms with E-state index in [9.17, 15) is 14.7 Å². The topological polar surface area (TPSA) is 73.3 Å². The second-order valence-electron chi connectivity index (χ2n) is 9.25. The van der Waals surface area contributed by atoms with Gasteiger partial charge in [0.2, 0.25) is 0 Å². The minimum absolute atomic E-state index is 0.181. The molecule has 5 rings (SSSR count). The van der Waals surface area contributed by atoms with Crippen LogP contribution in [0.1, 0.15) is 30.9 Å². The molecular formula is C25H28ClN3O4. The lowest BCUT2D eigenvalue weighted by molar-refractivity contribution is -0.180. The average molecular weight is 470 g/mol. The maximum absolute atomic E-state index is 13.6. The van der Waals surface area contributed by atoms with E-state index in [0.29, 0.717) is 17.5 Å². The Labute approximate surface area is 198 Å². The summed E-state index contributed by atoms with van der Waals surface area (Å²) in [5.41, 5.74) is 3.01. The number of anilines is 2. The van der Waals surface area contributed by atoms with Gasteiger partial charge in [0.1, 0.15) is 24.4 Å². The molecule has 174 valence electrons. The van der Waals surface area contributed by atoms with Crippen molar-refractivity contribution < 1.29 is 19.4 Å². The van der Waals surface area contributed by atoms with Gasteiger partial charge in [-0.2, -0.15) is 0 Å². The molecule has 3 atom stereocenters. The molecule has 2 aromatic rings. The Bertz CT molecular complexity index is 1050. The SMILES string of the molecule is CN1c2ccccc2N(C)C1C1C(c2cccc(Cl)c2)OC(CC(=O)O)C(=O)N1CC1CC1. The molecule has 3 aliphatic rings. The molecule has 0 bridgehead atoms. The fourth-order valence-electron chi connectivity index (χ4n) is 5.24. The summed E-state index contributed by atoms with van der Waals surface area (Å²) in [7, 11) is 4.07. The Kier molecular flexibility index (Phi) is 5.70. The Morgan fingerprint density at radius 1 is 1.09 bits per heavy atom. The molecule has 8 heteroatoms. The molecule has 7 nitrogen and oxygen atoms in total. The van der Waals surface area contributed by atoms with Gasteiger partial charge in [-0.15, -0.1) is 0 Å². The molecule has 1 saturated carbocycles. The summed E-state index contributed by atoms with van der Waals surface area (Å²) in [6, 6.07) is 15.3. The lowest BCUT2D eigenvalue weighted by atomic mass is 9.93. The highest BCUT2D eigenvalue weighted by molar-refractivity contribution is 6.30. The van der Waals surface area contributed by atoms with Gasteiger partial charge in [0.15, 0.2) is 0 Å². The molecule has 2 aromatic carbocycles. The second-order valence-corrected chi connectivity index (χ2v) is 9.68. The predicted octanol–water partition coefficient (Wildman–Crippen LogP) is 3.77. The van der Waals surface area contributed by atoms with Gasteiger partial charge < -0.3 is 24.5 Å². The molecular weight excluding hydrogens is 442 g/mol. The molecule has 2 fully saturated rings. The highest BCUT2D eigenvalue weighted by Crippen LogP contribution is 2.45. The van der Waals surface area contributed by atoms with E-state index in [0.717, 1.165) is 29.8 Å². The number of carboxylic acid groups (broad SMARTS) is 1. The van der Waals surface area contributed by atoms with Crippen molar-refractivity contribution in [1.29, 1.82) is 0 Å². The monoisotopic (exact) mass is 469 g/mol. The van der Waals surface area contributed by atoms with Gasteiger partial charge >= 0.3 is 5.97 Å². The molecule has 2 aliphatic heterocycles. The van der Waals surface area contributed by atoms with Crippen molar-refractivity contribution >= 4 is 34.9 Å². The molecule has 0 radical (unpaired) electrons. The molecule has 1 saturated heterocycles. The van der Waals surface area contributed by atoms with Crippen LogP contribution in [-0.4, -0.2) is 60.8 Å².